The van der Waals surface area contributed by atoms with Crippen molar-refractivity contribution >= 4 is 0 Å². The summed E-state index contributed by atoms with van der Waals surface area (Å²) < 4.78 is 5.45. The Balaban J connectivity index is 1.69. The Kier molecular flexibility index (Phi) is 4.63. The molecule has 1 heteroatoms. The van der Waals surface area contributed by atoms with Crippen LogP contribution in [0.5, 0.6) is 0 Å². The van der Waals surface area contributed by atoms with Crippen LogP contribution < -0.4 is 0 Å². The molecule has 1 heterocycles. The molecule has 1 aromatic carbocycles. The van der Waals surface area contributed by atoms with Gasteiger partial charge in [0.05, 0.1) is 6.61 Å². The molecule has 0 bridgehead atoms. The fraction of sp³-hybridized carbons (Fsp3) is 0.467. The van der Waals surface area contributed by atoms with E-state index in [2.05, 4.69) is 42.5 Å². The zero-order chi connectivity index (χ0) is 11.1. The lowest BCUT2D eigenvalue weighted by Gasteiger charge is -2.18. The van der Waals surface area contributed by atoms with Crippen molar-refractivity contribution in [2.45, 2.75) is 25.7 Å². The highest BCUT2D eigenvalue weighted by atomic mass is 16.5. The van der Waals surface area contributed by atoms with Crippen molar-refractivity contribution in [2.24, 2.45) is 5.92 Å². The molecule has 1 aromatic rings. The van der Waals surface area contributed by atoms with E-state index in [4.69, 9.17) is 4.74 Å². The molecule has 1 unspecified atom stereocenters. The standard InChI is InChI=1S/C15H20O/c1-2-7-14(8-3-1)9-4-5-10-15-11-6-12-16-13-15/h1-3,5,7-8,10,15H,4,6,9,11-13H2. The maximum atomic E-state index is 5.45. The molecule has 1 nitrogen and oxygen atoms in total. The fourth-order valence-electron chi connectivity index (χ4n) is 2.10. The predicted molar refractivity (Wildman–Crippen MR) is 67.4 cm³/mol. The first-order valence-electron chi connectivity index (χ1n) is 6.23. The molecule has 1 fully saturated rings. The number of benzene rings is 1. The molecule has 0 aliphatic carbocycles. The van der Waals surface area contributed by atoms with Gasteiger partial charge in [-0.3, -0.25) is 0 Å². The Morgan fingerprint density at radius 1 is 1.25 bits per heavy atom. The Labute approximate surface area is 98.1 Å². The first kappa shape index (κ1) is 11.4. The summed E-state index contributed by atoms with van der Waals surface area (Å²) in [5.74, 6) is 0.657. The lowest BCUT2D eigenvalue weighted by molar-refractivity contribution is 0.0709. The Morgan fingerprint density at radius 2 is 2.12 bits per heavy atom. The second-order valence-electron chi connectivity index (χ2n) is 4.43. The third kappa shape index (κ3) is 3.82. The zero-order valence-electron chi connectivity index (χ0n) is 9.77. The van der Waals surface area contributed by atoms with Crippen LogP contribution in [0.1, 0.15) is 24.8 Å². The van der Waals surface area contributed by atoms with Gasteiger partial charge < -0.3 is 4.74 Å². The van der Waals surface area contributed by atoms with E-state index in [0.29, 0.717) is 5.92 Å². The summed E-state index contributed by atoms with van der Waals surface area (Å²) in [7, 11) is 0. The molecule has 1 saturated heterocycles. The quantitative estimate of drug-likeness (QED) is 0.699. The third-order valence-corrected chi connectivity index (χ3v) is 3.05. The molecule has 0 aromatic heterocycles. The first-order chi connectivity index (χ1) is 7.95. The fourth-order valence-corrected chi connectivity index (χ4v) is 2.10. The third-order valence-electron chi connectivity index (χ3n) is 3.05. The average molecular weight is 216 g/mol. The van der Waals surface area contributed by atoms with Crippen LogP contribution in [0.3, 0.4) is 0 Å². The predicted octanol–water partition coefficient (Wildman–Crippen LogP) is 3.60. The van der Waals surface area contributed by atoms with E-state index < -0.39 is 0 Å². The smallest absolute Gasteiger partial charge is 0.0528 e. The minimum Gasteiger partial charge on any atom is -0.381 e. The summed E-state index contributed by atoms with van der Waals surface area (Å²) in [6.45, 7) is 1.87. The number of hydrogen-bond acceptors (Lipinski definition) is 1. The minimum absolute atomic E-state index is 0.657. The van der Waals surface area contributed by atoms with Gasteiger partial charge in [0.15, 0.2) is 0 Å². The van der Waals surface area contributed by atoms with E-state index in [1.807, 2.05) is 0 Å². The highest BCUT2D eigenvalue weighted by molar-refractivity contribution is 5.15. The summed E-state index contributed by atoms with van der Waals surface area (Å²) >= 11 is 0. The van der Waals surface area contributed by atoms with Gasteiger partial charge in [-0.2, -0.15) is 0 Å². The molecule has 0 N–H and O–H groups in total. The van der Waals surface area contributed by atoms with Crippen molar-refractivity contribution in [1.82, 2.24) is 0 Å². The van der Waals surface area contributed by atoms with Gasteiger partial charge >= 0.3 is 0 Å². The maximum absolute atomic E-state index is 5.45. The van der Waals surface area contributed by atoms with Crippen molar-refractivity contribution in [2.75, 3.05) is 13.2 Å². The van der Waals surface area contributed by atoms with Crippen LogP contribution in [-0.2, 0) is 11.2 Å². The van der Waals surface area contributed by atoms with Crippen LogP contribution >= 0.6 is 0 Å². The van der Waals surface area contributed by atoms with Crippen LogP contribution in [0.4, 0.5) is 0 Å². The van der Waals surface area contributed by atoms with Gasteiger partial charge in [0, 0.05) is 12.5 Å². The van der Waals surface area contributed by atoms with E-state index >= 15 is 0 Å². The number of allylic oxidation sites excluding steroid dienone is 1. The van der Waals surface area contributed by atoms with Crippen LogP contribution in [0.2, 0.25) is 0 Å². The minimum atomic E-state index is 0.657. The van der Waals surface area contributed by atoms with Crippen molar-refractivity contribution in [3.8, 4) is 0 Å². The molecule has 86 valence electrons. The molecule has 0 radical (unpaired) electrons. The van der Waals surface area contributed by atoms with Gasteiger partial charge in [-0.15, -0.1) is 0 Å². The molecule has 0 amide bonds. The molecule has 16 heavy (non-hydrogen) atoms. The van der Waals surface area contributed by atoms with Crippen LogP contribution in [0, 0.1) is 5.92 Å². The van der Waals surface area contributed by atoms with Crippen LogP contribution in [-0.4, -0.2) is 13.2 Å². The van der Waals surface area contributed by atoms with Gasteiger partial charge in [-0.1, -0.05) is 42.5 Å². The molecular formula is C15H20O. The lowest BCUT2D eigenvalue weighted by Crippen LogP contribution is -2.14. The van der Waals surface area contributed by atoms with E-state index in [-0.39, 0.29) is 0 Å². The van der Waals surface area contributed by atoms with E-state index in [9.17, 15) is 0 Å². The zero-order valence-corrected chi connectivity index (χ0v) is 9.77. The molecule has 0 spiro atoms. The Morgan fingerprint density at radius 3 is 2.88 bits per heavy atom. The summed E-state index contributed by atoms with van der Waals surface area (Å²) in [5, 5.41) is 0. The number of aryl methyl sites for hydroxylation is 1. The topological polar surface area (TPSA) is 9.23 Å². The van der Waals surface area contributed by atoms with E-state index in [0.717, 1.165) is 26.1 Å². The number of hydrogen-bond donors (Lipinski definition) is 0. The molecule has 0 saturated carbocycles. The van der Waals surface area contributed by atoms with Gasteiger partial charge in [-0.05, 0) is 31.2 Å². The Bertz CT molecular complexity index is 309. The number of rotatable bonds is 4. The van der Waals surface area contributed by atoms with E-state index in [1.165, 1.54) is 18.4 Å². The molecule has 2 rings (SSSR count). The summed E-state index contributed by atoms with van der Waals surface area (Å²) in [5.41, 5.74) is 1.42. The van der Waals surface area contributed by atoms with E-state index in [1.54, 1.807) is 0 Å². The second-order valence-corrected chi connectivity index (χ2v) is 4.43. The van der Waals surface area contributed by atoms with Gasteiger partial charge in [0.1, 0.15) is 0 Å². The maximum Gasteiger partial charge on any atom is 0.0528 e. The van der Waals surface area contributed by atoms with Gasteiger partial charge in [-0.25, -0.2) is 0 Å². The molecule has 1 aliphatic heterocycles. The molecular weight excluding hydrogens is 196 g/mol. The summed E-state index contributed by atoms with van der Waals surface area (Å²) in [6.07, 6.45) is 9.44. The highest BCUT2D eigenvalue weighted by Gasteiger charge is 2.09. The second kappa shape index (κ2) is 6.49. The monoisotopic (exact) mass is 216 g/mol. The van der Waals surface area contributed by atoms with Crippen molar-refractivity contribution in [3.63, 3.8) is 0 Å². The largest absolute Gasteiger partial charge is 0.381 e. The van der Waals surface area contributed by atoms with Crippen molar-refractivity contribution in [1.29, 1.82) is 0 Å². The highest BCUT2D eigenvalue weighted by Crippen LogP contribution is 2.15. The summed E-state index contributed by atoms with van der Waals surface area (Å²) in [6, 6.07) is 10.7. The average Bonchev–Trinajstić information content (AvgIpc) is 2.37. The lowest BCUT2D eigenvalue weighted by atomic mass is 10.0. The summed E-state index contributed by atoms with van der Waals surface area (Å²) in [4.78, 5) is 0. The molecule has 1 atom stereocenters. The van der Waals surface area contributed by atoms with Crippen LogP contribution in [0.25, 0.3) is 0 Å². The normalized spacial score (nSPS) is 21.4. The SMILES string of the molecule is C(=CC1CCCOC1)CCc1ccccc1. The van der Waals surface area contributed by atoms with Crippen molar-refractivity contribution < 1.29 is 4.74 Å². The van der Waals surface area contributed by atoms with Crippen molar-refractivity contribution in [3.05, 3.63) is 48.0 Å². The Hall–Kier alpha value is -1.08. The number of ether oxygens (including phenoxy) is 1. The van der Waals surface area contributed by atoms with Gasteiger partial charge in [0.2, 0.25) is 0 Å². The van der Waals surface area contributed by atoms with Crippen LogP contribution in [0.15, 0.2) is 42.5 Å². The van der Waals surface area contributed by atoms with Gasteiger partial charge in [0.25, 0.3) is 0 Å². The molecule has 1 aliphatic rings. The first-order valence-corrected chi connectivity index (χ1v) is 6.23.